The Morgan fingerprint density at radius 1 is 0.963 bits per heavy atom. The van der Waals surface area contributed by atoms with E-state index in [9.17, 15) is 4.79 Å². The zero-order valence-electron chi connectivity index (χ0n) is 14.4. The lowest BCUT2D eigenvalue weighted by molar-refractivity contribution is -0.118. The van der Waals surface area contributed by atoms with Gasteiger partial charge in [0.1, 0.15) is 0 Å². The highest BCUT2D eigenvalue weighted by molar-refractivity contribution is 7.99. The Hall–Kier alpha value is -3.19. The first-order valence-electron chi connectivity index (χ1n) is 8.50. The maximum Gasteiger partial charge on any atom is 0.230 e. The van der Waals surface area contributed by atoms with E-state index >= 15 is 0 Å². The van der Waals surface area contributed by atoms with E-state index in [1.54, 1.807) is 4.68 Å². The van der Waals surface area contributed by atoms with Gasteiger partial charge in [-0.3, -0.25) is 4.79 Å². The minimum absolute atomic E-state index is 0.0584. The molecule has 1 amide bonds. The number of benzene rings is 3. The van der Waals surface area contributed by atoms with Gasteiger partial charge in [-0.05, 0) is 38.9 Å². The highest BCUT2D eigenvalue weighted by Crippen LogP contribution is 2.22. The number of nitrogens with zero attached hydrogens (tertiary/aromatic N) is 4. The molecule has 4 rings (SSSR count). The van der Waals surface area contributed by atoms with Gasteiger partial charge in [-0.2, -0.15) is 4.68 Å². The third-order valence-electron chi connectivity index (χ3n) is 4.08. The molecule has 4 aromatic rings. The number of tetrazole rings is 1. The van der Waals surface area contributed by atoms with Crippen molar-refractivity contribution < 1.29 is 4.79 Å². The van der Waals surface area contributed by atoms with Gasteiger partial charge in [0.25, 0.3) is 0 Å². The van der Waals surface area contributed by atoms with Crippen molar-refractivity contribution in [1.82, 2.24) is 25.5 Å². The number of amides is 1. The smallest absolute Gasteiger partial charge is 0.230 e. The minimum Gasteiger partial charge on any atom is -0.351 e. The average molecular weight is 375 g/mol. The molecule has 0 aliphatic rings. The van der Waals surface area contributed by atoms with Gasteiger partial charge in [0.15, 0.2) is 0 Å². The lowest BCUT2D eigenvalue weighted by Crippen LogP contribution is -2.24. The first-order valence-corrected chi connectivity index (χ1v) is 9.49. The predicted octanol–water partition coefficient (Wildman–Crippen LogP) is 3.22. The molecule has 1 aromatic heterocycles. The number of hydrogen-bond donors (Lipinski definition) is 1. The number of aromatic nitrogens is 4. The SMILES string of the molecule is O=C(CSc1nnnn1-c1ccc2ccccc2c1)NCc1ccccc1. The number of thioether (sulfide) groups is 1. The van der Waals surface area contributed by atoms with Gasteiger partial charge in [0.2, 0.25) is 11.1 Å². The Morgan fingerprint density at radius 3 is 2.59 bits per heavy atom. The van der Waals surface area contributed by atoms with Crippen molar-refractivity contribution in [3.63, 3.8) is 0 Å². The summed E-state index contributed by atoms with van der Waals surface area (Å²) in [6, 6.07) is 24.0. The largest absolute Gasteiger partial charge is 0.351 e. The molecule has 0 unspecified atom stereocenters. The zero-order chi connectivity index (χ0) is 18.5. The van der Waals surface area contributed by atoms with Crippen molar-refractivity contribution >= 4 is 28.4 Å². The Balaban J connectivity index is 1.41. The standard InChI is InChI=1S/C20H17N5OS/c26-19(21-13-15-6-2-1-3-7-15)14-27-20-22-23-24-25(20)18-11-10-16-8-4-5-9-17(16)12-18/h1-12H,13-14H2,(H,21,26). The molecule has 0 bridgehead atoms. The fraction of sp³-hybridized carbons (Fsp3) is 0.100. The van der Waals surface area contributed by atoms with Crippen LogP contribution in [-0.4, -0.2) is 31.9 Å². The molecule has 27 heavy (non-hydrogen) atoms. The van der Waals surface area contributed by atoms with Crippen LogP contribution < -0.4 is 5.32 Å². The predicted molar refractivity (Wildman–Crippen MR) is 106 cm³/mol. The fourth-order valence-corrected chi connectivity index (χ4v) is 3.44. The van der Waals surface area contributed by atoms with Crippen molar-refractivity contribution in [2.75, 3.05) is 5.75 Å². The number of nitrogens with one attached hydrogen (secondary N) is 1. The van der Waals surface area contributed by atoms with Crippen LogP contribution in [0.25, 0.3) is 16.5 Å². The van der Waals surface area contributed by atoms with Crippen molar-refractivity contribution in [2.24, 2.45) is 0 Å². The van der Waals surface area contributed by atoms with Crippen LogP contribution in [-0.2, 0) is 11.3 Å². The zero-order valence-corrected chi connectivity index (χ0v) is 15.3. The van der Waals surface area contributed by atoms with Crippen LogP contribution in [0.4, 0.5) is 0 Å². The number of fused-ring (bicyclic) bond motifs is 1. The van der Waals surface area contributed by atoms with E-state index in [4.69, 9.17) is 0 Å². The van der Waals surface area contributed by atoms with E-state index in [2.05, 4.69) is 26.9 Å². The second-order valence-electron chi connectivity index (χ2n) is 5.96. The number of carbonyl (C=O) groups excluding carboxylic acids is 1. The third kappa shape index (κ3) is 4.15. The lowest BCUT2D eigenvalue weighted by atomic mass is 10.1. The molecule has 0 fully saturated rings. The third-order valence-corrected chi connectivity index (χ3v) is 5.00. The summed E-state index contributed by atoms with van der Waals surface area (Å²) < 4.78 is 1.65. The van der Waals surface area contributed by atoms with Crippen LogP contribution in [0.3, 0.4) is 0 Å². The summed E-state index contributed by atoms with van der Waals surface area (Å²) in [6.45, 7) is 0.510. The molecule has 0 radical (unpaired) electrons. The maximum absolute atomic E-state index is 12.1. The molecule has 6 nitrogen and oxygen atoms in total. The van der Waals surface area contributed by atoms with Crippen molar-refractivity contribution in [3.8, 4) is 5.69 Å². The Bertz CT molecular complexity index is 1060. The fourth-order valence-electron chi connectivity index (χ4n) is 2.72. The van der Waals surface area contributed by atoms with Crippen molar-refractivity contribution in [3.05, 3.63) is 78.4 Å². The number of carbonyl (C=O) groups is 1. The highest BCUT2D eigenvalue weighted by Gasteiger charge is 2.12. The summed E-state index contributed by atoms with van der Waals surface area (Å²) in [5.74, 6) is 0.192. The second-order valence-corrected chi connectivity index (χ2v) is 6.90. The lowest BCUT2D eigenvalue weighted by Gasteiger charge is -2.07. The molecule has 7 heteroatoms. The molecule has 0 saturated carbocycles. The van der Waals surface area contributed by atoms with E-state index in [-0.39, 0.29) is 11.7 Å². The summed E-state index contributed by atoms with van der Waals surface area (Å²) >= 11 is 1.31. The van der Waals surface area contributed by atoms with Gasteiger partial charge in [0, 0.05) is 6.54 Å². The summed E-state index contributed by atoms with van der Waals surface area (Å²) in [5, 5.41) is 17.6. The number of rotatable bonds is 6. The first-order chi connectivity index (χ1) is 13.3. The first kappa shape index (κ1) is 17.2. The Morgan fingerprint density at radius 2 is 1.74 bits per heavy atom. The Labute approximate surface area is 160 Å². The van der Waals surface area contributed by atoms with Crippen LogP contribution in [0.2, 0.25) is 0 Å². The maximum atomic E-state index is 12.1. The minimum atomic E-state index is -0.0584. The average Bonchev–Trinajstić information content (AvgIpc) is 3.20. The van der Waals surface area contributed by atoms with Gasteiger partial charge in [0.05, 0.1) is 11.4 Å². The van der Waals surface area contributed by atoms with E-state index in [0.717, 1.165) is 22.0 Å². The quantitative estimate of drug-likeness (QED) is 0.524. The molecule has 0 aliphatic carbocycles. The molecular formula is C20H17N5OS. The van der Waals surface area contributed by atoms with Crippen LogP contribution >= 0.6 is 11.8 Å². The Kier molecular flexibility index (Phi) is 5.11. The summed E-state index contributed by atoms with van der Waals surface area (Å²) in [5.41, 5.74) is 1.93. The molecule has 0 spiro atoms. The van der Waals surface area contributed by atoms with E-state index in [1.807, 2.05) is 66.7 Å². The number of hydrogen-bond acceptors (Lipinski definition) is 5. The summed E-state index contributed by atoms with van der Waals surface area (Å²) in [4.78, 5) is 12.1. The van der Waals surface area contributed by atoms with E-state index < -0.39 is 0 Å². The van der Waals surface area contributed by atoms with Gasteiger partial charge >= 0.3 is 0 Å². The molecule has 1 heterocycles. The molecule has 0 saturated heterocycles. The summed E-state index contributed by atoms with van der Waals surface area (Å²) in [7, 11) is 0. The summed E-state index contributed by atoms with van der Waals surface area (Å²) in [6.07, 6.45) is 0. The molecule has 1 N–H and O–H groups in total. The van der Waals surface area contributed by atoms with Gasteiger partial charge in [-0.25, -0.2) is 0 Å². The van der Waals surface area contributed by atoms with Gasteiger partial charge in [-0.15, -0.1) is 5.10 Å². The second kappa shape index (κ2) is 8.01. The van der Waals surface area contributed by atoms with E-state index in [0.29, 0.717) is 11.7 Å². The topological polar surface area (TPSA) is 72.7 Å². The van der Waals surface area contributed by atoms with Gasteiger partial charge in [-0.1, -0.05) is 72.4 Å². The highest BCUT2D eigenvalue weighted by atomic mass is 32.2. The van der Waals surface area contributed by atoms with Crippen molar-refractivity contribution in [2.45, 2.75) is 11.7 Å². The molecule has 134 valence electrons. The van der Waals surface area contributed by atoms with Crippen molar-refractivity contribution in [1.29, 1.82) is 0 Å². The molecular weight excluding hydrogens is 358 g/mol. The van der Waals surface area contributed by atoms with Crippen LogP contribution in [0.15, 0.2) is 78.0 Å². The van der Waals surface area contributed by atoms with Crippen LogP contribution in [0, 0.1) is 0 Å². The molecule has 0 atom stereocenters. The monoisotopic (exact) mass is 375 g/mol. The molecule has 3 aromatic carbocycles. The molecule has 0 aliphatic heterocycles. The van der Waals surface area contributed by atoms with Gasteiger partial charge < -0.3 is 5.32 Å². The van der Waals surface area contributed by atoms with Crippen LogP contribution in [0.1, 0.15) is 5.56 Å². The normalized spacial score (nSPS) is 10.8. The van der Waals surface area contributed by atoms with E-state index in [1.165, 1.54) is 11.8 Å². The van der Waals surface area contributed by atoms with Crippen LogP contribution in [0.5, 0.6) is 0 Å².